The molecule has 1 N–H and O–H groups in total. The first kappa shape index (κ1) is 16.9. The zero-order valence-corrected chi connectivity index (χ0v) is 14.7. The van der Waals surface area contributed by atoms with Crippen molar-refractivity contribution in [3.8, 4) is 5.75 Å². The molecule has 3 amide bonds. The molecule has 138 valence electrons. The predicted molar refractivity (Wildman–Crippen MR) is 93.7 cm³/mol. The maximum absolute atomic E-state index is 12.6. The molecule has 0 bridgehead atoms. The fraction of sp³-hybridized carbons (Fsp3) is 0.526. The summed E-state index contributed by atoms with van der Waals surface area (Å²) in [6.45, 7) is 2.84. The summed E-state index contributed by atoms with van der Waals surface area (Å²) in [5.41, 5.74) is 2.18. The van der Waals surface area contributed by atoms with E-state index >= 15 is 0 Å². The summed E-state index contributed by atoms with van der Waals surface area (Å²) < 4.78 is 5.50. The van der Waals surface area contributed by atoms with E-state index < -0.39 is 6.04 Å². The van der Waals surface area contributed by atoms with E-state index in [4.69, 9.17) is 4.74 Å². The maximum atomic E-state index is 12.6. The van der Waals surface area contributed by atoms with Gasteiger partial charge in [-0.2, -0.15) is 0 Å². The van der Waals surface area contributed by atoms with Crippen LogP contribution in [0.5, 0.6) is 5.75 Å². The summed E-state index contributed by atoms with van der Waals surface area (Å²) in [6.07, 6.45) is 2.26. The van der Waals surface area contributed by atoms with Gasteiger partial charge in [0.15, 0.2) is 0 Å². The van der Waals surface area contributed by atoms with Crippen molar-refractivity contribution in [2.24, 2.45) is 0 Å². The molecular formula is C19H23N3O4. The lowest BCUT2D eigenvalue weighted by atomic mass is 10.1. The van der Waals surface area contributed by atoms with Crippen molar-refractivity contribution < 1.29 is 19.1 Å². The second-order valence-electron chi connectivity index (χ2n) is 7.08. The van der Waals surface area contributed by atoms with E-state index in [1.54, 1.807) is 4.90 Å². The number of nitrogens with zero attached hydrogens (tertiary/aromatic N) is 2. The van der Waals surface area contributed by atoms with Gasteiger partial charge in [-0.05, 0) is 23.6 Å². The van der Waals surface area contributed by atoms with Crippen LogP contribution in [0.25, 0.3) is 0 Å². The summed E-state index contributed by atoms with van der Waals surface area (Å²) in [5.74, 6) is 0.927. The topological polar surface area (TPSA) is 79.0 Å². The summed E-state index contributed by atoms with van der Waals surface area (Å²) in [6, 6.07) is 5.56. The first-order valence-corrected chi connectivity index (χ1v) is 9.21. The Morgan fingerprint density at radius 2 is 1.88 bits per heavy atom. The normalized spacial score (nSPS) is 22.0. The molecule has 3 aliphatic heterocycles. The molecule has 7 heteroatoms. The Hall–Kier alpha value is -2.57. The molecule has 2 saturated heterocycles. The van der Waals surface area contributed by atoms with Crippen molar-refractivity contribution >= 4 is 17.7 Å². The molecule has 26 heavy (non-hydrogen) atoms. The molecule has 7 nitrogen and oxygen atoms in total. The standard InChI is InChI=1S/C19H23N3O4/c23-17-4-2-15(20-17)19(25)22-8-6-21(7-9-22)18(24)12-13-1-3-16-14(11-13)5-10-26-16/h1,3,11,15H,2,4-10,12H2,(H,20,23). The molecule has 1 unspecified atom stereocenters. The highest BCUT2D eigenvalue weighted by Crippen LogP contribution is 2.26. The van der Waals surface area contributed by atoms with Crippen LogP contribution in [-0.2, 0) is 27.2 Å². The Bertz CT molecular complexity index is 740. The monoisotopic (exact) mass is 357 g/mol. The molecule has 4 rings (SSSR count). The average Bonchev–Trinajstić information content (AvgIpc) is 3.29. The molecule has 0 radical (unpaired) electrons. The lowest BCUT2D eigenvalue weighted by Crippen LogP contribution is -2.54. The zero-order chi connectivity index (χ0) is 18.1. The second-order valence-corrected chi connectivity index (χ2v) is 7.08. The Kier molecular flexibility index (Phi) is 4.53. The van der Waals surface area contributed by atoms with E-state index in [2.05, 4.69) is 11.4 Å². The summed E-state index contributed by atoms with van der Waals surface area (Å²) in [5, 5.41) is 2.72. The van der Waals surface area contributed by atoms with Crippen LogP contribution in [0.4, 0.5) is 0 Å². The zero-order valence-electron chi connectivity index (χ0n) is 14.7. The van der Waals surface area contributed by atoms with Gasteiger partial charge in [0.25, 0.3) is 0 Å². The van der Waals surface area contributed by atoms with E-state index in [1.165, 1.54) is 5.56 Å². The Balaban J connectivity index is 1.29. The van der Waals surface area contributed by atoms with Crippen molar-refractivity contribution in [1.82, 2.24) is 15.1 Å². The number of fused-ring (bicyclic) bond motifs is 1. The van der Waals surface area contributed by atoms with E-state index in [1.807, 2.05) is 17.0 Å². The molecule has 0 saturated carbocycles. The number of ether oxygens (including phenoxy) is 1. The predicted octanol–water partition coefficient (Wildman–Crippen LogP) is 0.113. The third-order valence-electron chi connectivity index (χ3n) is 5.35. The van der Waals surface area contributed by atoms with Gasteiger partial charge in [0, 0.05) is 39.0 Å². The van der Waals surface area contributed by atoms with Gasteiger partial charge < -0.3 is 19.9 Å². The maximum Gasteiger partial charge on any atom is 0.245 e. The highest BCUT2D eigenvalue weighted by Gasteiger charge is 2.33. The van der Waals surface area contributed by atoms with Crippen LogP contribution in [-0.4, -0.2) is 66.3 Å². The fourth-order valence-electron chi connectivity index (χ4n) is 3.83. The molecule has 1 aromatic rings. The first-order chi connectivity index (χ1) is 12.6. The lowest BCUT2D eigenvalue weighted by Gasteiger charge is -2.36. The van der Waals surface area contributed by atoms with Crippen LogP contribution in [0.3, 0.4) is 0 Å². The van der Waals surface area contributed by atoms with Crippen molar-refractivity contribution in [2.45, 2.75) is 31.7 Å². The minimum Gasteiger partial charge on any atom is -0.493 e. The molecule has 0 aromatic heterocycles. The summed E-state index contributed by atoms with van der Waals surface area (Å²) in [7, 11) is 0. The van der Waals surface area contributed by atoms with Crippen LogP contribution in [0.15, 0.2) is 18.2 Å². The van der Waals surface area contributed by atoms with Gasteiger partial charge in [0.2, 0.25) is 17.7 Å². The number of hydrogen-bond acceptors (Lipinski definition) is 4. The van der Waals surface area contributed by atoms with Gasteiger partial charge in [-0.3, -0.25) is 14.4 Å². The largest absolute Gasteiger partial charge is 0.493 e. The van der Waals surface area contributed by atoms with E-state index in [-0.39, 0.29) is 17.7 Å². The van der Waals surface area contributed by atoms with Crippen LogP contribution >= 0.6 is 0 Å². The SMILES string of the molecule is O=C1CCC(C(=O)N2CCN(C(=O)Cc3ccc4c(c3)CCO4)CC2)N1. The van der Waals surface area contributed by atoms with Gasteiger partial charge in [-0.25, -0.2) is 0 Å². The quantitative estimate of drug-likeness (QED) is 0.833. The van der Waals surface area contributed by atoms with Crippen LogP contribution < -0.4 is 10.1 Å². The molecule has 1 atom stereocenters. The number of carbonyl (C=O) groups is 3. The molecular weight excluding hydrogens is 334 g/mol. The number of rotatable bonds is 3. The van der Waals surface area contributed by atoms with Crippen LogP contribution in [0.1, 0.15) is 24.0 Å². The third kappa shape index (κ3) is 3.38. The molecule has 0 aliphatic carbocycles. The van der Waals surface area contributed by atoms with E-state index in [0.717, 1.165) is 17.7 Å². The van der Waals surface area contributed by atoms with Gasteiger partial charge in [-0.1, -0.05) is 12.1 Å². The molecule has 0 spiro atoms. The minimum atomic E-state index is -0.390. The molecule has 1 aromatic carbocycles. The smallest absolute Gasteiger partial charge is 0.245 e. The van der Waals surface area contributed by atoms with Crippen LogP contribution in [0.2, 0.25) is 0 Å². The summed E-state index contributed by atoms with van der Waals surface area (Å²) >= 11 is 0. The van der Waals surface area contributed by atoms with Gasteiger partial charge >= 0.3 is 0 Å². The second kappa shape index (κ2) is 6.97. The first-order valence-electron chi connectivity index (χ1n) is 9.21. The Morgan fingerprint density at radius 3 is 2.62 bits per heavy atom. The number of carbonyl (C=O) groups excluding carboxylic acids is 3. The van der Waals surface area contributed by atoms with Gasteiger partial charge in [-0.15, -0.1) is 0 Å². The highest BCUT2D eigenvalue weighted by molar-refractivity contribution is 5.91. The number of amides is 3. The fourth-order valence-corrected chi connectivity index (χ4v) is 3.83. The molecule has 2 fully saturated rings. The highest BCUT2D eigenvalue weighted by atomic mass is 16.5. The minimum absolute atomic E-state index is 0.0263. The van der Waals surface area contributed by atoms with E-state index in [9.17, 15) is 14.4 Å². The molecule has 3 heterocycles. The summed E-state index contributed by atoms with van der Waals surface area (Å²) in [4.78, 5) is 39.9. The van der Waals surface area contributed by atoms with E-state index in [0.29, 0.717) is 52.0 Å². The van der Waals surface area contributed by atoms with Crippen molar-refractivity contribution in [1.29, 1.82) is 0 Å². The number of hydrogen-bond donors (Lipinski definition) is 1. The van der Waals surface area contributed by atoms with Crippen molar-refractivity contribution in [3.63, 3.8) is 0 Å². The van der Waals surface area contributed by atoms with Crippen molar-refractivity contribution in [3.05, 3.63) is 29.3 Å². The number of nitrogens with one attached hydrogen (secondary N) is 1. The third-order valence-corrected chi connectivity index (χ3v) is 5.35. The van der Waals surface area contributed by atoms with Crippen molar-refractivity contribution in [2.75, 3.05) is 32.8 Å². The Morgan fingerprint density at radius 1 is 1.12 bits per heavy atom. The van der Waals surface area contributed by atoms with Crippen LogP contribution in [0, 0.1) is 0 Å². The van der Waals surface area contributed by atoms with Gasteiger partial charge in [0.1, 0.15) is 11.8 Å². The molecule has 3 aliphatic rings. The Labute approximate surface area is 152 Å². The number of piperazine rings is 1. The lowest BCUT2D eigenvalue weighted by molar-refractivity contribution is -0.140. The average molecular weight is 357 g/mol. The number of benzene rings is 1. The van der Waals surface area contributed by atoms with Gasteiger partial charge in [0.05, 0.1) is 13.0 Å².